The molecule has 1 aliphatic rings. The molecular formula is C23H21F3N6O. The van der Waals surface area contributed by atoms with Gasteiger partial charge >= 0.3 is 6.43 Å². The molecule has 170 valence electrons. The van der Waals surface area contributed by atoms with Gasteiger partial charge in [-0.15, -0.1) is 15.3 Å². The fourth-order valence-electron chi connectivity index (χ4n) is 3.98. The molecule has 1 aliphatic heterocycles. The molecule has 0 bridgehead atoms. The molecule has 0 N–H and O–H groups in total. The zero-order chi connectivity index (χ0) is 22.9. The van der Waals surface area contributed by atoms with Gasteiger partial charge in [0.1, 0.15) is 11.5 Å². The minimum Gasteiger partial charge on any atom is -0.415 e. The van der Waals surface area contributed by atoms with Gasteiger partial charge in [-0.05, 0) is 42.3 Å². The maximum absolute atomic E-state index is 14.7. The first-order chi connectivity index (χ1) is 16.0. The number of likely N-dealkylation sites (N-methyl/N-ethyl adjacent to an activating group) is 1. The van der Waals surface area contributed by atoms with E-state index in [4.69, 9.17) is 4.42 Å². The smallest absolute Gasteiger partial charge is 0.314 e. The summed E-state index contributed by atoms with van der Waals surface area (Å²) in [5, 5.41) is 15.2. The van der Waals surface area contributed by atoms with Crippen molar-refractivity contribution in [2.75, 3.05) is 13.1 Å². The molecule has 10 heteroatoms. The number of halogens is 3. The van der Waals surface area contributed by atoms with Crippen molar-refractivity contribution in [2.45, 2.75) is 32.9 Å². The second-order valence-corrected chi connectivity index (χ2v) is 7.96. The van der Waals surface area contributed by atoms with E-state index in [9.17, 15) is 13.2 Å². The normalized spacial score (nSPS) is 14.1. The van der Waals surface area contributed by atoms with Crippen LogP contribution in [0.25, 0.3) is 22.7 Å². The number of hydrogen-bond acceptors (Lipinski definition) is 6. The Morgan fingerprint density at radius 1 is 1.03 bits per heavy atom. The lowest BCUT2D eigenvalue weighted by molar-refractivity contribution is 0.116. The van der Waals surface area contributed by atoms with Crippen molar-refractivity contribution >= 4 is 0 Å². The van der Waals surface area contributed by atoms with Crippen molar-refractivity contribution in [2.24, 2.45) is 0 Å². The van der Waals surface area contributed by atoms with Crippen LogP contribution in [-0.2, 0) is 19.5 Å². The zero-order valence-electron chi connectivity index (χ0n) is 17.9. The average molecular weight is 454 g/mol. The molecule has 0 aliphatic carbocycles. The molecule has 0 fully saturated rings. The van der Waals surface area contributed by atoms with Gasteiger partial charge in [0.05, 0.1) is 12.7 Å². The van der Waals surface area contributed by atoms with Gasteiger partial charge in [-0.25, -0.2) is 9.07 Å². The topological polar surface area (TPSA) is 72.9 Å². The van der Waals surface area contributed by atoms with Crippen molar-refractivity contribution in [3.63, 3.8) is 0 Å². The molecule has 4 aromatic rings. The highest BCUT2D eigenvalue weighted by Gasteiger charge is 2.19. The van der Waals surface area contributed by atoms with Crippen molar-refractivity contribution in [1.29, 1.82) is 0 Å². The van der Waals surface area contributed by atoms with Gasteiger partial charge in [-0.3, -0.25) is 4.90 Å². The number of fused-ring (bicyclic) bond motifs is 1. The van der Waals surface area contributed by atoms with E-state index < -0.39 is 18.1 Å². The number of alkyl halides is 2. The van der Waals surface area contributed by atoms with Crippen LogP contribution in [0.1, 0.15) is 35.9 Å². The second kappa shape index (κ2) is 8.78. The van der Waals surface area contributed by atoms with Crippen LogP contribution in [0, 0.1) is 5.82 Å². The Bertz CT molecular complexity index is 1280. The van der Waals surface area contributed by atoms with Crippen LogP contribution >= 0.6 is 0 Å². The van der Waals surface area contributed by atoms with Gasteiger partial charge in [0.15, 0.2) is 0 Å². The van der Waals surface area contributed by atoms with E-state index in [1.165, 1.54) is 23.3 Å². The van der Waals surface area contributed by atoms with Crippen LogP contribution in [0.5, 0.6) is 0 Å². The predicted molar refractivity (Wildman–Crippen MR) is 114 cm³/mol. The molecule has 0 saturated carbocycles. The highest BCUT2D eigenvalue weighted by Crippen LogP contribution is 2.27. The fraction of sp³-hybridized carbons (Fsp3) is 0.304. The van der Waals surface area contributed by atoms with Crippen molar-refractivity contribution in [3.8, 4) is 22.7 Å². The summed E-state index contributed by atoms with van der Waals surface area (Å²) in [5.74, 6) is -1.49. The summed E-state index contributed by atoms with van der Waals surface area (Å²) in [4.78, 5) is 2.40. The van der Waals surface area contributed by atoms with Crippen LogP contribution in [0.4, 0.5) is 13.2 Å². The van der Waals surface area contributed by atoms with E-state index in [0.717, 1.165) is 31.6 Å². The molecule has 0 amide bonds. The summed E-state index contributed by atoms with van der Waals surface area (Å²) in [6.07, 6.45) is -0.0569. The quantitative estimate of drug-likeness (QED) is 0.427. The van der Waals surface area contributed by atoms with E-state index >= 15 is 0 Å². The SMILES string of the molecule is CCN1CCc2ccc(-c3cn(Cc4ccc(-c5nnc(C(F)F)o5)cc4F)nn3)cc2C1. The molecule has 33 heavy (non-hydrogen) atoms. The summed E-state index contributed by atoms with van der Waals surface area (Å²) < 4.78 is 46.4. The number of aromatic nitrogens is 5. The third kappa shape index (κ3) is 4.38. The lowest BCUT2D eigenvalue weighted by Crippen LogP contribution is -2.30. The van der Waals surface area contributed by atoms with Crippen LogP contribution in [0.2, 0.25) is 0 Å². The minimum absolute atomic E-state index is 0.159. The molecule has 7 nitrogen and oxygen atoms in total. The Kier molecular flexibility index (Phi) is 5.67. The minimum atomic E-state index is -2.88. The average Bonchev–Trinajstić information content (AvgIpc) is 3.50. The molecule has 0 unspecified atom stereocenters. The molecule has 2 aromatic heterocycles. The molecular weight excluding hydrogens is 433 g/mol. The molecule has 0 spiro atoms. The first-order valence-corrected chi connectivity index (χ1v) is 10.6. The van der Waals surface area contributed by atoms with Crippen LogP contribution in [0.15, 0.2) is 47.0 Å². The maximum Gasteiger partial charge on any atom is 0.314 e. The van der Waals surface area contributed by atoms with Gasteiger partial charge in [0.25, 0.3) is 5.89 Å². The van der Waals surface area contributed by atoms with Crippen LogP contribution in [-0.4, -0.2) is 43.2 Å². The van der Waals surface area contributed by atoms with Gasteiger partial charge in [0, 0.05) is 29.8 Å². The first-order valence-electron chi connectivity index (χ1n) is 10.6. The largest absolute Gasteiger partial charge is 0.415 e. The third-order valence-electron chi connectivity index (χ3n) is 5.84. The summed E-state index contributed by atoms with van der Waals surface area (Å²) in [6.45, 7) is 5.34. The first kappa shape index (κ1) is 21.3. The van der Waals surface area contributed by atoms with Crippen molar-refractivity contribution in [1.82, 2.24) is 30.1 Å². The van der Waals surface area contributed by atoms with E-state index in [2.05, 4.69) is 44.5 Å². The van der Waals surface area contributed by atoms with Crippen molar-refractivity contribution < 1.29 is 17.6 Å². The van der Waals surface area contributed by atoms with Gasteiger partial charge in [-0.1, -0.05) is 30.3 Å². The van der Waals surface area contributed by atoms with E-state index in [0.29, 0.717) is 11.3 Å². The van der Waals surface area contributed by atoms with E-state index in [1.807, 2.05) is 6.07 Å². The molecule has 5 rings (SSSR count). The van der Waals surface area contributed by atoms with Crippen LogP contribution < -0.4 is 0 Å². The summed E-state index contributed by atoms with van der Waals surface area (Å²) in [5.41, 5.74) is 4.94. The standard InChI is InChI=1S/C23H21F3N6O/c1-2-31-8-7-14-3-4-15(9-18(14)11-31)20-13-32(30-27-20)12-17-6-5-16(10-19(17)24)22-28-29-23(33-22)21(25)26/h3-6,9-10,13,21H,2,7-8,11-12H2,1H3. The second-order valence-electron chi connectivity index (χ2n) is 7.96. The fourth-order valence-corrected chi connectivity index (χ4v) is 3.98. The predicted octanol–water partition coefficient (Wildman–Crippen LogP) is 4.50. The van der Waals surface area contributed by atoms with Gasteiger partial charge < -0.3 is 4.42 Å². The highest BCUT2D eigenvalue weighted by atomic mass is 19.3. The molecule has 2 aromatic carbocycles. The monoisotopic (exact) mass is 454 g/mol. The number of hydrogen-bond donors (Lipinski definition) is 0. The Balaban J connectivity index is 1.33. The van der Waals surface area contributed by atoms with Gasteiger partial charge in [-0.2, -0.15) is 8.78 Å². The number of benzene rings is 2. The Morgan fingerprint density at radius 2 is 1.88 bits per heavy atom. The summed E-state index contributed by atoms with van der Waals surface area (Å²) in [7, 11) is 0. The van der Waals surface area contributed by atoms with Gasteiger partial charge in [0.2, 0.25) is 5.89 Å². The number of rotatable bonds is 6. The molecule has 0 saturated heterocycles. The third-order valence-corrected chi connectivity index (χ3v) is 5.84. The maximum atomic E-state index is 14.7. The summed E-state index contributed by atoms with van der Waals surface area (Å²) in [6, 6.07) is 10.6. The molecule has 3 heterocycles. The van der Waals surface area contributed by atoms with E-state index in [1.54, 1.807) is 16.9 Å². The Hall–Kier alpha value is -3.53. The highest BCUT2D eigenvalue weighted by molar-refractivity contribution is 5.60. The zero-order valence-corrected chi connectivity index (χ0v) is 17.9. The van der Waals surface area contributed by atoms with Crippen LogP contribution in [0.3, 0.4) is 0 Å². The summed E-state index contributed by atoms with van der Waals surface area (Å²) >= 11 is 0. The van der Waals surface area contributed by atoms with Crippen molar-refractivity contribution in [3.05, 3.63) is 71.0 Å². The Morgan fingerprint density at radius 3 is 2.64 bits per heavy atom. The number of nitrogens with zero attached hydrogens (tertiary/aromatic N) is 6. The lowest BCUT2D eigenvalue weighted by Gasteiger charge is -2.27. The lowest BCUT2D eigenvalue weighted by atomic mass is 9.96. The van der Waals surface area contributed by atoms with E-state index in [-0.39, 0.29) is 18.0 Å². The molecule has 0 atom stereocenters. The Labute approximate surface area is 187 Å². The molecule has 0 radical (unpaired) electrons.